The lowest BCUT2D eigenvalue weighted by Gasteiger charge is -2.31. The molecule has 156 valence electrons. The quantitative estimate of drug-likeness (QED) is 0.589. The van der Waals surface area contributed by atoms with Gasteiger partial charge < -0.3 is 19.4 Å². The van der Waals surface area contributed by atoms with E-state index in [0.717, 1.165) is 48.5 Å². The van der Waals surface area contributed by atoms with Gasteiger partial charge in [0, 0.05) is 41.8 Å². The van der Waals surface area contributed by atoms with Gasteiger partial charge in [0.15, 0.2) is 0 Å². The molecule has 1 saturated heterocycles. The third-order valence-electron chi connectivity index (χ3n) is 5.79. The van der Waals surface area contributed by atoms with E-state index in [-0.39, 0.29) is 5.91 Å². The van der Waals surface area contributed by atoms with E-state index in [1.54, 1.807) is 13.2 Å². The third kappa shape index (κ3) is 4.20. The van der Waals surface area contributed by atoms with Crippen LogP contribution in [0.25, 0.3) is 17.0 Å². The maximum atomic E-state index is 12.7. The van der Waals surface area contributed by atoms with Crippen LogP contribution in [0.5, 0.6) is 11.5 Å². The molecule has 1 aliphatic heterocycles. The van der Waals surface area contributed by atoms with Crippen molar-refractivity contribution in [3.05, 3.63) is 65.9 Å². The summed E-state index contributed by atoms with van der Waals surface area (Å²) in [6, 6.07) is 13.9. The number of aromatic amines is 1. The number of H-pyrrole nitrogens is 1. The van der Waals surface area contributed by atoms with E-state index in [0.29, 0.717) is 12.5 Å². The number of benzene rings is 2. The summed E-state index contributed by atoms with van der Waals surface area (Å²) in [5.74, 6) is 2.17. The largest absolute Gasteiger partial charge is 0.497 e. The smallest absolute Gasteiger partial charge is 0.246 e. The molecule has 2 aromatic carbocycles. The second kappa shape index (κ2) is 9.08. The monoisotopic (exact) mass is 404 g/mol. The number of amides is 1. The number of hydrogen-bond acceptors (Lipinski definition) is 3. The first-order valence-corrected chi connectivity index (χ1v) is 10.5. The van der Waals surface area contributed by atoms with Gasteiger partial charge in [-0.1, -0.05) is 18.2 Å². The topological polar surface area (TPSA) is 54.6 Å². The Balaban J connectivity index is 1.41. The van der Waals surface area contributed by atoms with Crippen LogP contribution in [0.15, 0.2) is 54.7 Å². The van der Waals surface area contributed by atoms with Crippen molar-refractivity contribution in [1.82, 2.24) is 9.88 Å². The lowest BCUT2D eigenvalue weighted by atomic mass is 9.89. The number of carbonyl (C=O) groups is 1. The van der Waals surface area contributed by atoms with Crippen molar-refractivity contribution in [3.63, 3.8) is 0 Å². The molecule has 0 spiro atoms. The average Bonchev–Trinajstić information content (AvgIpc) is 3.21. The standard InChI is InChI=1S/C25H28N2O3/c1-3-30-24-7-5-4-6-19(24)8-11-25(28)27-14-12-18(13-15-27)22-17-26-23-10-9-20(29-2)16-21(22)23/h4-11,16-18,26H,3,12-15H2,1-2H3/b11-8+. The molecule has 30 heavy (non-hydrogen) atoms. The molecular formula is C25H28N2O3. The second-order valence-corrected chi connectivity index (χ2v) is 7.56. The van der Waals surface area contributed by atoms with Gasteiger partial charge in [-0.05, 0) is 61.6 Å². The summed E-state index contributed by atoms with van der Waals surface area (Å²) in [6.07, 6.45) is 7.54. The van der Waals surface area contributed by atoms with Gasteiger partial charge in [-0.3, -0.25) is 4.79 Å². The van der Waals surface area contributed by atoms with Gasteiger partial charge in [-0.2, -0.15) is 0 Å². The van der Waals surface area contributed by atoms with Crippen LogP contribution < -0.4 is 9.47 Å². The van der Waals surface area contributed by atoms with E-state index in [9.17, 15) is 4.79 Å². The molecule has 4 rings (SSSR count). The number of piperidine rings is 1. The number of ether oxygens (including phenoxy) is 2. The fraction of sp³-hybridized carbons (Fsp3) is 0.320. The van der Waals surface area contributed by atoms with Crippen LogP contribution in [-0.4, -0.2) is 42.6 Å². The number of aromatic nitrogens is 1. The molecule has 1 aromatic heterocycles. The third-order valence-corrected chi connectivity index (χ3v) is 5.79. The molecule has 1 aliphatic rings. The average molecular weight is 405 g/mol. The molecule has 0 saturated carbocycles. The number of rotatable bonds is 6. The molecule has 0 bridgehead atoms. The van der Waals surface area contributed by atoms with Crippen LogP contribution in [-0.2, 0) is 4.79 Å². The normalized spacial score (nSPS) is 15.1. The van der Waals surface area contributed by atoms with Gasteiger partial charge in [-0.15, -0.1) is 0 Å². The molecule has 3 aromatic rings. The van der Waals surface area contributed by atoms with Gasteiger partial charge in [0.25, 0.3) is 0 Å². The molecule has 1 amide bonds. The minimum Gasteiger partial charge on any atom is -0.497 e. The Kier molecular flexibility index (Phi) is 6.07. The summed E-state index contributed by atoms with van der Waals surface area (Å²) >= 11 is 0. The highest BCUT2D eigenvalue weighted by Gasteiger charge is 2.24. The van der Waals surface area contributed by atoms with Crippen molar-refractivity contribution < 1.29 is 14.3 Å². The van der Waals surface area contributed by atoms with Gasteiger partial charge in [0.1, 0.15) is 11.5 Å². The minimum atomic E-state index is 0.0559. The van der Waals surface area contributed by atoms with E-state index in [1.807, 2.05) is 48.2 Å². The molecule has 0 atom stereocenters. The molecule has 0 aliphatic carbocycles. The Morgan fingerprint density at radius 2 is 2.00 bits per heavy atom. The van der Waals surface area contributed by atoms with Gasteiger partial charge in [0.2, 0.25) is 5.91 Å². The van der Waals surface area contributed by atoms with E-state index < -0.39 is 0 Å². The molecule has 1 fully saturated rings. The van der Waals surface area contributed by atoms with Crippen molar-refractivity contribution in [1.29, 1.82) is 0 Å². The molecule has 5 heteroatoms. The summed E-state index contributed by atoms with van der Waals surface area (Å²) in [5, 5.41) is 1.21. The number of nitrogens with one attached hydrogen (secondary N) is 1. The van der Waals surface area contributed by atoms with Crippen molar-refractivity contribution in [2.45, 2.75) is 25.7 Å². The van der Waals surface area contributed by atoms with Crippen LogP contribution >= 0.6 is 0 Å². The predicted molar refractivity (Wildman–Crippen MR) is 120 cm³/mol. The highest BCUT2D eigenvalue weighted by atomic mass is 16.5. The number of hydrogen-bond donors (Lipinski definition) is 1. The zero-order valence-corrected chi connectivity index (χ0v) is 17.6. The van der Waals surface area contributed by atoms with Crippen LogP contribution in [0, 0.1) is 0 Å². The first kappa shape index (κ1) is 20.1. The van der Waals surface area contributed by atoms with Crippen molar-refractivity contribution >= 4 is 22.9 Å². The number of para-hydroxylation sites is 1. The molecule has 5 nitrogen and oxygen atoms in total. The fourth-order valence-electron chi connectivity index (χ4n) is 4.17. The van der Waals surface area contributed by atoms with E-state index in [4.69, 9.17) is 9.47 Å². The first-order valence-electron chi connectivity index (χ1n) is 10.5. The number of carbonyl (C=O) groups excluding carboxylic acids is 1. The zero-order valence-electron chi connectivity index (χ0n) is 17.6. The van der Waals surface area contributed by atoms with Gasteiger partial charge in [0.05, 0.1) is 13.7 Å². The SMILES string of the molecule is CCOc1ccccc1/C=C/C(=O)N1CCC(c2c[nH]c3ccc(OC)cc23)CC1. The summed E-state index contributed by atoms with van der Waals surface area (Å²) in [5.41, 5.74) is 3.37. The lowest BCUT2D eigenvalue weighted by Crippen LogP contribution is -2.36. The summed E-state index contributed by atoms with van der Waals surface area (Å²) in [7, 11) is 1.69. The highest BCUT2D eigenvalue weighted by molar-refractivity contribution is 5.92. The van der Waals surface area contributed by atoms with Crippen LogP contribution in [0.4, 0.5) is 0 Å². The minimum absolute atomic E-state index is 0.0559. The predicted octanol–water partition coefficient (Wildman–Crippen LogP) is 4.99. The summed E-state index contributed by atoms with van der Waals surface area (Å²) in [4.78, 5) is 18.0. The van der Waals surface area contributed by atoms with Gasteiger partial charge >= 0.3 is 0 Å². The number of methoxy groups -OCH3 is 1. The maximum absolute atomic E-state index is 12.7. The Labute approximate surface area is 177 Å². The summed E-state index contributed by atoms with van der Waals surface area (Å²) in [6.45, 7) is 4.08. The highest BCUT2D eigenvalue weighted by Crippen LogP contribution is 2.34. The number of likely N-dealkylation sites (tertiary alicyclic amines) is 1. The summed E-state index contributed by atoms with van der Waals surface area (Å²) < 4.78 is 11.0. The van der Waals surface area contributed by atoms with Gasteiger partial charge in [-0.25, -0.2) is 0 Å². The van der Waals surface area contributed by atoms with E-state index in [1.165, 1.54) is 10.9 Å². The molecular weight excluding hydrogens is 376 g/mol. The van der Waals surface area contributed by atoms with E-state index >= 15 is 0 Å². The maximum Gasteiger partial charge on any atom is 0.246 e. The fourth-order valence-corrected chi connectivity index (χ4v) is 4.17. The second-order valence-electron chi connectivity index (χ2n) is 7.56. The Bertz CT molecular complexity index is 1050. The van der Waals surface area contributed by atoms with Crippen molar-refractivity contribution in [2.24, 2.45) is 0 Å². The Morgan fingerprint density at radius 3 is 2.77 bits per heavy atom. The van der Waals surface area contributed by atoms with E-state index in [2.05, 4.69) is 23.3 Å². The first-order chi connectivity index (χ1) is 14.7. The zero-order chi connectivity index (χ0) is 20.9. The molecule has 0 radical (unpaired) electrons. The van der Waals surface area contributed by atoms with Crippen LogP contribution in [0.3, 0.4) is 0 Å². The van der Waals surface area contributed by atoms with Crippen molar-refractivity contribution in [2.75, 3.05) is 26.8 Å². The molecule has 1 N–H and O–H groups in total. The molecule has 2 heterocycles. The Morgan fingerprint density at radius 1 is 1.20 bits per heavy atom. The lowest BCUT2D eigenvalue weighted by molar-refractivity contribution is -0.126. The number of nitrogens with zero attached hydrogens (tertiary/aromatic N) is 1. The van der Waals surface area contributed by atoms with Crippen LogP contribution in [0.1, 0.15) is 36.8 Å². The van der Waals surface area contributed by atoms with Crippen molar-refractivity contribution in [3.8, 4) is 11.5 Å². The number of fused-ring (bicyclic) bond motifs is 1. The van der Waals surface area contributed by atoms with Crippen LogP contribution in [0.2, 0.25) is 0 Å². The molecule has 0 unspecified atom stereocenters. The Hall–Kier alpha value is -3.21.